The summed E-state index contributed by atoms with van der Waals surface area (Å²) in [6.45, 7) is 4.45. The second-order valence-electron chi connectivity index (χ2n) is 6.48. The minimum Gasteiger partial charge on any atom is -0.329 e. The van der Waals surface area contributed by atoms with Crippen LogP contribution in [0.15, 0.2) is 53.4 Å². The number of rotatable bonds is 9. The van der Waals surface area contributed by atoms with Crippen LogP contribution < -0.4 is 15.8 Å². The summed E-state index contributed by atoms with van der Waals surface area (Å²) in [5, 5.41) is 2.80. The maximum absolute atomic E-state index is 12.5. The highest BCUT2D eigenvalue weighted by Gasteiger charge is 2.16. The molecule has 6 nitrogen and oxygen atoms in total. The van der Waals surface area contributed by atoms with E-state index < -0.39 is 10.0 Å². The zero-order valence-corrected chi connectivity index (χ0v) is 16.6. The summed E-state index contributed by atoms with van der Waals surface area (Å²) in [6.07, 6.45) is 1.18. The molecule has 27 heavy (non-hydrogen) atoms. The first-order valence-corrected chi connectivity index (χ1v) is 10.5. The Morgan fingerprint density at radius 3 is 2.48 bits per heavy atom. The Morgan fingerprint density at radius 2 is 1.85 bits per heavy atom. The Kier molecular flexibility index (Phi) is 7.53. The van der Waals surface area contributed by atoms with Crippen LogP contribution >= 0.6 is 0 Å². The molecule has 0 saturated carbocycles. The Labute approximate surface area is 161 Å². The van der Waals surface area contributed by atoms with Gasteiger partial charge in [-0.15, -0.1) is 0 Å². The normalized spacial score (nSPS) is 12.6. The minimum absolute atomic E-state index is 0.0966. The molecular weight excluding hydrogens is 362 g/mol. The lowest BCUT2D eigenvalue weighted by Crippen LogP contribution is -2.29. The van der Waals surface area contributed by atoms with E-state index in [2.05, 4.69) is 10.0 Å². The van der Waals surface area contributed by atoms with E-state index in [0.29, 0.717) is 12.1 Å². The lowest BCUT2D eigenvalue weighted by Gasteiger charge is -2.16. The lowest BCUT2D eigenvalue weighted by molar-refractivity contribution is -0.116. The van der Waals surface area contributed by atoms with Crippen molar-refractivity contribution in [2.75, 3.05) is 18.4 Å². The first kappa shape index (κ1) is 21.1. The molecule has 0 aliphatic carbocycles. The average molecular weight is 390 g/mol. The zero-order valence-electron chi connectivity index (χ0n) is 15.7. The summed E-state index contributed by atoms with van der Waals surface area (Å²) >= 11 is 0. The zero-order chi connectivity index (χ0) is 19.9. The molecule has 1 amide bonds. The smallest absolute Gasteiger partial charge is 0.240 e. The Morgan fingerprint density at radius 1 is 1.15 bits per heavy atom. The van der Waals surface area contributed by atoms with Gasteiger partial charge in [0.25, 0.3) is 0 Å². The number of hydrogen-bond acceptors (Lipinski definition) is 4. The van der Waals surface area contributed by atoms with Gasteiger partial charge in [0.2, 0.25) is 15.9 Å². The summed E-state index contributed by atoms with van der Waals surface area (Å²) in [5.41, 5.74) is 8.10. The molecule has 0 saturated heterocycles. The monoisotopic (exact) mass is 389 g/mol. The number of hydrogen-bond donors (Lipinski definition) is 3. The number of aryl methyl sites for hydroxylation is 1. The quantitative estimate of drug-likeness (QED) is 0.614. The van der Waals surface area contributed by atoms with Crippen LogP contribution in [0.4, 0.5) is 5.69 Å². The van der Waals surface area contributed by atoms with E-state index in [1.54, 1.807) is 12.1 Å². The van der Waals surface area contributed by atoms with E-state index in [0.717, 1.165) is 12.0 Å². The molecule has 0 bridgehead atoms. The second kappa shape index (κ2) is 9.64. The number of benzene rings is 2. The fourth-order valence-corrected chi connectivity index (χ4v) is 3.88. The molecule has 2 aromatic rings. The van der Waals surface area contributed by atoms with Crippen LogP contribution in [-0.4, -0.2) is 27.4 Å². The highest BCUT2D eigenvalue weighted by Crippen LogP contribution is 2.24. The molecule has 2 rings (SSSR count). The predicted octanol–water partition coefficient (Wildman–Crippen LogP) is 2.75. The van der Waals surface area contributed by atoms with Crippen LogP contribution in [0, 0.1) is 6.92 Å². The molecule has 0 heterocycles. The summed E-state index contributed by atoms with van der Waals surface area (Å²) in [6, 6.07) is 14.4. The molecule has 1 unspecified atom stereocenters. The van der Waals surface area contributed by atoms with Gasteiger partial charge in [-0.3, -0.25) is 4.79 Å². The standard InChI is InChI=1S/C20H27N3O3S/c1-3-16(17-9-7-15(2)8-10-17)13-20(24)23-18-5-4-6-19(14-18)27(25,26)22-12-11-21/h4-10,14,16,22H,3,11-13,21H2,1-2H3,(H,23,24). The summed E-state index contributed by atoms with van der Waals surface area (Å²) in [7, 11) is -3.64. The molecule has 0 aliphatic heterocycles. The highest BCUT2D eigenvalue weighted by molar-refractivity contribution is 7.89. The first-order chi connectivity index (χ1) is 12.9. The number of nitrogens with one attached hydrogen (secondary N) is 2. The second-order valence-corrected chi connectivity index (χ2v) is 8.25. The number of carbonyl (C=O) groups is 1. The van der Waals surface area contributed by atoms with Crippen molar-refractivity contribution >= 4 is 21.6 Å². The van der Waals surface area contributed by atoms with Gasteiger partial charge in [0.1, 0.15) is 0 Å². The van der Waals surface area contributed by atoms with Gasteiger partial charge in [0, 0.05) is 25.2 Å². The van der Waals surface area contributed by atoms with Crippen molar-refractivity contribution in [2.24, 2.45) is 5.73 Å². The average Bonchev–Trinajstić information content (AvgIpc) is 2.65. The van der Waals surface area contributed by atoms with Gasteiger partial charge in [-0.05, 0) is 43.0 Å². The molecule has 0 aliphatic rings. The van der Waals surface area contributed by atoms with Crippen molar-refractivity contribution in [3.63, 3.8) is 0 Å². The fraction of sp³-hybridized carbons (Fsp3) is 0.350. The van der Waals surface area contributed by atoms with E-state index in [1.165, 1.54) is 17.7 Å². The Bertz CT molecular complexity index is 864. The molecule has 4 N–H and O–H groups in total. The molecule has 0 fully saturated rings. The number of carbonyl (C=O) groups excluding carboxylic acids is 1. The molecule has 1 atom stereocenters. The lowest BCUT2D eigenvalue weighted by atomic mass is 9.92. The predicted molar refractivity (Wildman–Crippen MR) is 108 cm³/mol. The number of nitrogens with two attached hydrogens (primary N) is 1. The summed E-state index contributed by atoms with van der Waals surface area (Å²) in [4.78, 5) is 12.6. The van der Waals surface area contributed by atoms with Gasteiger partial charge in [-0.2, -0.15) is 0 Å². The van der Waals surface area contributed by atoms with E-state index in [9.17, 15) is 13.2 Å². The molecule has 0 spiro atoms. The molecule has 146 valence electrons. The van der Waals surface area contributed by atoms with Crippen molar-refractivity contribution in [3.8, 4) is 0 Å². The van der Waals surface area contributed by atoms with Crippen LogP contribution in [0.5, 0.6) is 0 Å². The van der Waals surface area contributed by atoms with Crippen molar-refractivity contribution in [1.29, 1.82) is 0 Å². The highest BCUT2D eigenvalue weighted by atomic mass is 32.2. The number of anilines is 1. The topological polar surface area (TPSA) is 101 Å². The first-order valence-electron chi connectivity index (χ1n) is 9.02. The minimum atomic E-state index is -3.64. The largest absolute Gasteiger partial charge is 0.329 e. The Balaban J connectivity index is 2.06. The van der Waals surface area contributed by atoms with Crippen LogP contribution in [0.1, 0.15) is 36.8 Å². The third-order valence-electron chi connectivity index (χ3n) is 4.34. The van der Waals surface area contributed by atoms with Crippen LogP contribution in [-0.2, 0) is 14.8 Å². The van der Waals surface area contributed by atoms with Crippen molar-refractivity contribution in [2.45, 2.75) is 37.5 Å². The van der Waals surface area contributed by atoms with Crippen molar-refractivity contribution in [1.82, 2.24) is 4.72 Å². The third-order valence-corrected chi connectivity index (χ3v) is 5.80. The van der Waals surface area contributed by atoms with E-state index in [-0.39, 0.29) is 29.8 Å². The van der Waals surface area contributed by atoms with Gasteiger partial charge in [0.05, 0.1) is 4.90 Å². The fourth-order valence-electron chi connectivity index (χ4n) is 2.79. The maximum atomic E-state index is 12.5. The Hall–Kier alpha value is -2.22. The summed E-state index contributed by atoms with van der Waals surface area (Å²) < 4.78 is 26.8. The van der Waals surface area contributed by atoms with Gasteiger partial charge < -0.3 is 11.1 Å². The van der Waals surface area contributed by atoms with Crippen LogP contribution in [0.3, 0.4) is 0 Å². The van der Waals surface area contributed by atoms with E-state index in [4.69, 9.17) is 5.73 Å². The van der Waals surface area contributed by atoms with Crippen LogP contribution in [0.2, 0.25) is 0 Å². The molecule has 0 aromatic heterocycles. The maximum Gasteiger partial charge on any atom is 0.240 e. The van der Waals surface area contributed by atoms with Gasteiger partial charge in [-0.25, -0.2) is 13.1 Å². The van der Waals surface area contributed by atoms with Crippen molar-refractivity contribution < 1.29 is 13.2 Å². The van der Waals surface area contributed by atoms with Gasteiger partial charge >= 0.3 is 0 Å². The number of sulfonamides is 1. The SMILES string of the molecule is CCC(CC(=O)Nc1cccc(S(=O)(=O)NCCN)c1)c1ccc(C)cc1. The van der Waals surface area contributed by atoms with E-state index in [1.807, 2.05) is 38.1 Å². The van der Waals surface area contributed by atoms with Crippen molar-refractivity contribution in [3.05, 3.63) is 59.7 Å². The third kappa shape index (κ3) is 6.16. The van der Waals surface area contributed by atoms with E-state index >= 15 is 0 Å². The van der Waals surface area contributed by atoms with Gasteiger partial charge in [0.15, 0.2) is 0 Å². The molecule has 7 heteroatoms. The molecule has 0 radical (unpaired) electrons. The van der Waals surface area contributed by atoms with Crippen LogP contribution in [0.25, 0.3) is 0 Å². The molecule has 2 aromatic carbocycles. The summed E-state index contributed by atoms with van der Waals surface area (Å²) in [5.74, 6) is -0.0318. The number of amides is 1. The molecular formula is C20H27N3O3S. The van der Waals surface area contributed by atoms with Gasteiger partial charge in [-0.1, -0.05) is 42.8 Å².